The van der Waals surface area contributed by atoms with Gasteiger partial charge < -0.3 is 13.9 Å². The number of anilines is 1. The zero-order chi connectivity index (χ0) is 26.4. The number of methoxy groups -OCH3 is 1. The summed E-state index contributed by atoms with van der Waals surface area (Å²) in [5.74, 6) is 1.53. The summed E-state index contributed by atoms with van der Waals surface area (Å²) >= 11 is 0. The number of aromatic nitrogens is 1. The molecule has 0 aliphatic carbocycles. The molecule has 0 saturated carbocycles. The van der Waals surface area contributed by atoms with E-state index in [-0.39, 0.29) is 11.2 Å². The van der Waals surface area contributed by atoms with Crippen LogP contribution in [-0.2, 0) is 0 Å². The topological polar surface area (TPSA) is 81.9 Å². The van der Waals surface area contributed by atoms with Gasteiger partial charge in [0.1, 0.15) is 11.4 Å². The average molecular weight is 499 g/mol. The van der Waals surface area contributed by atoms with E-state index in [2.05, 4.69) is 18.8 Å². The highest BCUT2D eigenvalue weighted by Crippen LogP contribution is 2.43. The number of pyridine rings is 1. The highest BCUT2D eigenvalue weighted by Gasteiger charge is 2.44. The first-order valence-corrected chi connectivity index (χ1v) is 12.4. The number of nitrogens with zero attached hydrogens (tertiary/aromatic N) is 2. The second kappa shape index (κ2) is 9.39. The molecule has 1 aliphatic heterocycles. The summed E-state index contributed by atoms with van der Waals surface area (Å²) in [7, 11) is 1.57. The number of hydrogen-bond donors (Lipinski definition) is 0. The number of aryl methyl sites for hydroxylation is 3. The lowest BCUT2D eigenvalue weighted by molar-refractivity contribution is 0.0970. The number of benzene rings is 2. The summed E-state index contributed by atoms with van der Waals surface area (Å²) in [5, 5.41) is 0.447. The number of ether oxygens (including phenoxy) is 2. The van der Waals surface area contributed by atoms with E-state index in [1.807, 2.05) is 63.2 Å². The quantitative estimate of drug-likeness (QED) is 0.329. The molecule has 5 rings (SSSR count). The lowest BCUT2D eigenvalue weighted by Crippen LogP contribution is -2.30. The van der Waals surface area contributed by atoms with Crippen LogP contribution in [0.4, 0.5) is 5.82 Å². The number of rotatable bonds is 6. The van der Waals surface area contributed by atoms with Crippen LogP contribution in [0.15, 0.2) is 57.7 Å². The fourth-order valence-electron chi connectivity index (χ4n) is 4.67. The van der Waals surface area contributed by atoms with Gasteiger partial charge in [0.15, 0.2) is 16.9 Å². The monoisotopic (exact) mass is 498 g/mol. The Morgan fingerprint density at radius 3 is 2.46 bits per heavy atom. The molecule has 0 saturated heterocycles. The number of amides is 1. The molecule has 1 amide bonds. The molecule has 7 heteroatoms. The van der Waals surface area contributed by atoms with Crippen molar-refractivity contribution in [2.45, 2.75) is 40.7 Å². The van der Waals surface area contributed by atoms with E-state index in [0.717, 1.165) is 16.8 Å². The van der Waals surface area contributed by atoms with E-state index >= 15 is 0 Å². The molecule has 2 aromatic heterocycles. The molecule has 1 aliphatic rings. The van der Waals surface area contributed by atoms with E-state index in [4.69, 9.17) is 13.9 Å². The molecule has 0 N–H and O–H groups in total. The van der Waals surface area contributed by atoms with Crippen molar-refractivity contribution in [3.05, 3.63) is 92.5 Å². The summed E-state index contributed by atoms with van der Waals surface area (Å²) in [6, 6.07) is 13.9. The smallest absolute Gasteiger partial charge is 0.296 e. The van der Waals surface area contributed by atoms with Crippen molar-refractivity contribution in [1.82, 2.24) is 4.98 Å². The summed E-state index contributed by atoms with van der Waals surface area (Å²) in [6.45, 7) is 10.4. The molecule has 190 valence electrons. The van der Waals surface area contributed by atoms with Gasteiger partial charge in [-0.05, 0) is 79.8 Å². The van der Waals surface area contributed by atoms with Crippen LogP contribution in [0.1, 0.15) is 58.4 Å². The van der Waals surface area contributed by atoms with Gasteiger partial charge in [-0.1, -0.05) is 26.0 Å². The third-order valence-electron chi connectivity index (χ3n) is 6.68. The molecule has 0 spiro atoms. The van der Waals surface area contributed by atoms with Crippen molar-refractivity contribution >= 4 is 22.7 Å². The maximum Gasteiger partial charge on any atom is 0.296 e. The van der Waals surface area contributed by atoms with E-state index in [1.165, 1.54) is 4.90 Å². The summed E-state index contributed by atoms with van der Waals surface area (Å²) < 4.78 is 17.7. The number of fused-ring (bicyclic) bond motifs is 2. The van der Waals surface area contributed by atoms with Gasteiger partial charge in [-0.2, -0.15) is 0 Å². The largest absolute Gasteiger partial charge is 0.493 e. The predicted octanol–water partition coefficient (Wildman–Crippen LogP) is 5.91. The molecule has 37 heavy (non-hydrogen) atoms. The fraction of sp³-hybridized carbons (Fsp3) is 0.300. The minimum atomic E-state index is -0.743. The molecular weight excluding hydrogens is 468 g/mol. The van der Waals surface area contributed by atoms with Gasteiger partial charge >= 0.3 is 0 Å². The fourth-order valence-corrected chi connectivity index (χ4v) is 4.67. The molecule has 0 radical (unpaired) electrons. The Hall–Kier alpha value is -4.13. The second-order valence-corrected chi connectivity index (χ2v) is 9.94. The molecule has 7 nitrogen and oxygen atoms in total. The van der Waals surface area contributed by atoms with Crippen LogP contribution in [0, 0.1) is 26.7 Å². The van der Waals surface area contributed by atoms with Gasteiger partial charge in [-0.3, -0.25) is 14.5 Å². The van der Waals surface area contributed by atoms with Crippen molar-refractivity contribution < 1.29 is 18.7 Å². The van der Waals surface area contributed by atoms with Gasteiger partial charge in [0.2, 0.25) is 5.76 Å². The maximum absolute atomic E-state index is 13.9. The van der Waals surface area contributed by atoms with Crippen molar-refractivity contribution in [3.63, 3.8) is 0 Å². The van der Waals surface area contributed by atoms with Crippen molar-refractivity contribution in [3.8, 4) is 11.5 Å². The van der Waals surface area contributed by atoms with Crippen LogP contribution in [0.2, 0.25) is 0 Å². The number of hydrogen-bond acceptors (Lipinski definition) is 6. The van der Waals surface area contributed by atoms with Crippen LogP contribution < -0.4 is 19.8 Å². The maximum atomic E-state index is 13.9. The Morgan fingerprint density at radius 1 is 1.00 bits per heavy atom. The van der Waals surface area contributed by atoms with E-state index in [1.54, 1.807) is 13.2 Å². The second-order valence-electron chi connectivity index (χ2n) is 9.94. The Balaban J connectivity index is 1.75. The molecular formula is C30H30N2O5. The van der Waals surface area contributed by atoms with Crippen molar-refractivity contribution in [2.24, 2.45) is 5.92 Å². The summed E-state index contributed by atoms with van der Waals surface area (Å²) in [6.07, 6.45) is 0. The highest BCUT2D eigenvalue weighted by molar-refractivity contribution is 6.10. The molecule has 3 heterocycles. The minimum absolute atomic E-state index is 0.0353. The first kappa shape index (κ1) is 24.6. The van der Waals surface area contributed by atoms with Crippen LogP contribution in [0.3, 0.4) is 0 Å². The zero-order valence-electron chi connectivity index (χ0n) is 21.9. The Labute approximate surface area is 215 Å². The third-order valence-corrected chi connectivity index (χ3v) is 6.68. The van der Waals surface area contributed by atoms with Gasteiger partial charge in [-0.25, -0.2) is 4.98 Å². The van der Waals surface area contributed by atoms with Gasteiger partial charge in [0.25, 0.3) is 5.91 Å². The molecule has 1 unspecified atom stereocenters. The lowest BCUT2D eigenvalue weighted by Gasteiger charge is -2.25. The van der Waals surface area contributed by atoms with Crippen molar-refractivity contribution in [2.75, 3.05) is 18.6 Å². The van der Waals surface area contributed by atoms with Crippen LogP contribution in [0.25, 0.3) is 11.0 Å². The molecule has 2 aromatic carbocycles. The molecule has 0 bridgehead atoms. The van der Waals surface area contributed by atoms with Gasteiger partial charge in [0, 0.05) is 5.69 Å². The Bertz CT molecular complexity index is 1590. The Kier molecular flexibility index (Phi) is 6.23. The predicted molar refractivity (Wildman–Crippen MR) is 143 cm³/mol. The lowest BCUT2D eigenvalue weighted by atomic mass is 9.97. The summed E-state index contributed by atoms with van der Waals surface area (Å²) in [4.78, 5) is 33.9. The minimum Gasteiger partial charge on any atom is -0.493 e. The van der Waals surface area contributed by atoms with Crippen molar-refractivity contribution in [1.29, 1.82) is 0 Å². The normalized spacial score (nSPS) is 14.9. The van der Waals surface area contributed by atoms with E-state index < -0.39 is 11.9 Å². The first-order chi connectivity index (χ1) is 17.7. The first-order valence-electron chi connectivity index (χ1n) is 12.4. The van der Waals surface area contributed by atoms with E-state index in [9.17, 15) is 9.59 Å². The zero-order valence-corrected chi connectivity index (χ0v) is 21.9. The summed E-state index contributed by atoms with van der Waals surface area (Å²) in [5.41, 5.74) is 3.87. The standard InChI is InChI=1S/C30H30N2O5/c1-16(2)15-36-22-11-10-20(14-24(22)35-6)27-26-28(33)21-12-17(3)18(4)13-23(21)37-29(26)30(34)32(27)25-9-7-8-19(5)31-25/h7-14,16,27H,15H2,1-6H3. The molecule has 1 atom stereocenters. The highest BCUT2D eigenvalue weighted by atomic mass is 16.5. The van der Waals surface area contributed by atoms with E-state index in [0.29, 0.717) is 51.9 Å². The third kappa shape index (κ3) is 4.24. The number of carbonyl (C=O) groups excluding carboxylic acids is 1. The SMILES string of the molecule is COc1cc(C2c3c(oc4cc(C)c(C)cc4c3=O)C(=O)N2c2cccc(C)n2)ccc1OCC(C)C. The van der Waals surface area contributed by atoms with Crippen LogP contribution in [0.5, 0.6) is 11.5 Å². The molecule has 0 fully saturated rings. The van der Waals surface area contributed by atoms with Gasteiger partial charge in [-0.15, -0.1) is 0 Å². The van der Waals surface area contributed by atoms with Crippen LogP contribution in [-0.4, -0.2) is 24.6 Å². The average Bonchev–Trinajstić information content (AvgIpc) is 3.16. The number of carbonyl (C=O) groups is 1. The molecule has 4 aromatic rings. The Morgan fingerprint density at radius 2 is 1.76 bits per heavy atom. The van der Waals surface area contributed by atoms with Crippen LogP contribution >= 0.6 is 0 Å². The van der Waals surface area contributed by atoms with Gasteiger partial charge in [0.05, 0.1) is 30.7 Å².